The molecule has 0 bridgehead atoms. The fraction of sp³-hybridized carbons (Fsp3) is 0.600. The van der Waals surface area contributed by atoms with E-state index in [0.29, 0.717) is 11.6 Å². The van der Waals surface area contributed by atoms with E-state index in [1.54, 1.807) is 0 Å². The summed E-state index contributed by atoms with van der Waals surface area (Å²) in [5.41, 5.74) is 0. The molecule has 1 aliphatic heterocycles. The van der Waals surface area contributed by atoms with Crippen molar-refractivity contribution in [2.45, 2.75) is 18.9 Å². The molecule has 96 valence electrons. The normalized spacial score (nSPS) is 16.1. The predicted octanol–water partition coefficient (Wildman–Crippen LogP) is 1.69. The molecule has 0 unspecified atom stereocenters. The van der Waals surface area contributed by atoms with E-state index >= 15 is 0 Å². The zero-order valence-corrected chi connectivity index (χ0v) is 11.1. The summed E-state index contributed by atoms with van der Waals surface area (Å²) in [5.74, 6) is 0.831. The molecule has 2 heterocycles. The van der Waals surface area contributed by atoms with Gasteiger partial charge in [-0.05, 0) is 25.9 Å². The minimum absolute atomic E-state index is 0. The summed E-state index contributed by atoms with van der Waals surface area (Å²) in [5, 5.41) is 3.55. The zero-order chi connectivity index (χ0) is 11.4. The van der Waals surface area contributed by atoms with Gasteiger partial charge in [-0.1, -0.05) is 11.6 Å². The third-order valence-electron chi connectivity index (χ3n) is 2.50. The highest BCUT2D eigenvalue weighted by molar-refractivity contribution is 6.31. The third kappa shape index (κ3) is 3.59. The molecule has 0 radical (unpaired) electrons. The van der Waals surface area contributed by atoms with Crippen LogP contribution in [0.25, 0.3) is 0 Å². The fourth-order valence-corrected chi connectivity index (χ4v) is 1.87. The van der Waals surface area contributed by atoms with Gasteiger partial charge in [0, 0.05) is 0 Å². The number of nitrogens with zero attached hydrogens (tertiary/aromatic N) is 2. The molecule has 1 aliphatic rings. The second-order valence-electron chi connectivity index (χ2n) is 3.57. The van der Waals surface area contributed by atoms with Gasteiger partial charge in [-0.25, -0.2) is 4.98 Å². The van der Waals surface area contributed by atoms with Gasteiger partial charge in [-0.15, -0.1) is 12.4 Å². The average Bonchev–Trinajstić information content (AvgIpc) is 2.31. The maximum atomic E-state index is 5.88. The van der Waals surface area contributed by atoms with Gasteiger partial charge in [0.2, 0.25) is 5.75 Å². The van der Waals surface area contributed by atoms with E-state index in [9.17, 15) is 0 Å². The summed E-state index contributed by atoms with van der Waals surface area (Å²) >= 11 is 5.88. The van der Waals surface area contributed by atoms with Crippen molar-refractivity contribution >= 4 is 24.0 Å². The monoisotopic (exact) mass is 279 g/mol. The molecule has 1 N–H and O–H groups in total. The maximum absolute atomic E-state index is 5.88. The van der Waals surface area contributed by atoms with Crippen LogP contribution in [0.4, 0.5) is 0 Å². The summed E-state index contributed by atoms with van der Waals surface area (Å²) in [6.45, 7) is 1.93. The van der Waals surface area contributed by atoms with Gasteiger partial charge in [0.25, 0.3) is 5.88 Å². The van der Waals surface area contributed by atoms with Crippen molar-refractivity contribution in [1.82, 2.24) is 15.3 Å². The topological polar surface area (TPSA) is 56.3 Å². The lowest BCUT2D eigenvalue weighted by Gasteiger charge is -2.23. The van der Waals surface area contributed by atoms with Crippen LogP contribution in [0.3, 0.4) is 0 Å². The van der Waals surface area contributed by atoms with Crippen molar-refractivity contribution in [2.24, 2.45) is 0 Å². The second kappa shape index (κ2) is 6.83. The number of methoxy groups -OCH3 is 1. The minimum Gasteiger partial charge on any atom is -0.489 e. The lowest BCUT2D eigenvalue weighted by molar-refractivity contribution is 0.149. The smallest absolute Gasteiger partial charge is 0.262 e. The summed E-state index contributed by atoms with van der Waals surface area (Å²) < 4.78 is 10.9. The molecule has 1 saturated heterocycles. The molecular weight excluding hydrogens is 265 g/mol. The van der Waals surface area contributed by atoms with Crippen molar-refractivity contribution in [3.63, 3.8) is 0 Å². The van der Waals surface area contributed by atoms with Crippen LogP contribution in [-0.2, 0) is 0 Å². The number of hydrogen-bond donors (Lipinski definition) is 1. The van der Waals surface area contributed by atoms with Gasteiger partial charge in [0.1, 0.15) is 12.4 Å². The molecule has 0 spiro atoms. The summed E-state index contributed by atoms with van der Waals surface area (Å²) in [6, 6.07) is 0. The van der Waals surface area contributed by atoms with Crippen LogP contribution in [0.5, 0.6) is 11.6 Å². The number of aromatic nitrogens is 2. The first-order chi connectivity index (χ1) is 7.81. The van der Waals surface area contributed by atoms with Gasteiger partial charge in [-0.3, -0.25) is 0 Å². The van der Waals surface area contributed by atoms with E-state index in [1.165, 1.54) is 13.4 Å². The van der Waals surface area contributed by atoms with Gasteiger partial charge >= 0.3 is 0 Å². The van der Waals surface area contributed by atoms with E-state index in [0.717, 1.165) is 25.9 Å². The number of rotatable bonds is 3. The van der Waals surface area contributed by atoms with Gasteiger partial charge in [0.15, 0.2) is 5.15 Å². The van der Waals surface area contributed by atoms with Crippen LogP contribution >= 0.6 is 24.0 Å². The highest BCUT2D eigenvalue weighted by Gasteiger charge is 2.19. The van der Waals surface area contributed by atoms with Crippen LogP contribution < -0.4 is 14.8 Å². The van der Waals surface area contributed by atoms with Crippen molar-refractivity contribution in [3.05, 3.63) is 11.5 Å². The van der Waals surface area contributed by atoms with E-state index in [4.69, 9.17) is 21.1 Å². The lowest BCUT2D eigenvalue weighted by Crippen LogP contribution is -2.34. The standard InChI is InChI=1S/C10H14ClN3O2.ClH/c1-15-8-9(11)13-6-14-10(8)16-7-2-4-12-5-3-7;/h6-7,12H,2-5H2,1H3;1H. The van der Waals surface area contributed by atoms with Crippen molar-refractivity contribution in [1.29, 1.82) is 0 Å². The molecule has 0 aromatic carbocycles. The van der Waals surface area contributed by atoms with Crippen LogP contribution in [0.1, 0.15) is 12.8 Å². The fourth-order valence-electron chi connectivity index (χ4n) is 1.66. The Morgan fingerprint density at radius 2 is 2.06 bits per heavy atom. The number of piperidine rings is 1. The first-order valence-corrected chi connectivity index (χ1v) is 5.61. The molecule has 0 aliphatic carbocycles. The van der Waals surface area contributed by atoms with Crippen LogP contribution in [0.2, 0.25) is 5.15 Å². The SMILES string of the molecule is COc1c(Cl)ncnc1OC1CCNCC1.Cl. The Balaban J connectivity index is 0.00000144. The average molecular weight is 280 g/mol. The molecule has 17 heavy (non-hydrogen) atoms. The number of ether oxygens (including phenoxy) is 2. The van der Waals surface area contributed by atoms with Crippen LogP contribution in [-0.4, -0.2) is 36.3 Å². The Morgan fingerprint density at radius 3 is 2.71 bits per heavy atom. The summed E-state index contributed by atoms with van der Waals surface area (Å²) in [7, 11) is 1.53. The third-order valence-corrected chi connectivity index (χ3v) is 2.77. The van der Waals surface area contributed by atoms with Gasteiger partial charge < -0.3 is 14.8 Å². The van der Waals surface area contributed by atoms with Crippen molar-refractivity contribution in [2.75, 3.05) is 20.2 Å². The zero-order valence-electron chi connectivity index (χ0n) is 9.48. The Morgan fingerprint density at radius 1 is 1.35 bits per heavy atom. The Labute approximate surface area is 111 Å². The van der Waals surface area contributed by atoms with E-state index in [2.05, 4.69) is 15.3 Å². The van der Waals surface area contributed by atoms with Gasteiger partial charge in [-0.2, -0.15) is 4.98 Å². The molecule has 1 fully saturated rings. The largest absolute Gasteiger partial charge is 0.489 e. The molecule has 0 amide bonds. The Bertz CT molecular complexity index is 359. The maximum Gasteiger partial charge on any atom is 0.262 e. The van der Waals surface area contributed by atoms with E-state index in [1.807, 2.05) is 0 Å². The quantitative estimate of drug-likeness (QED) is 0.854. The Kier molecular flexibility index (Phi) is 5.74. The molecule has 0 saturated carbocycles. The molecule has 5 nitrogen and oxygen atoms in total. The number of halogens is 2. The molecular formula is C10H15Cl2N3O2. The highest BCUT2D eigenvalue weighted by Crippen LogP contribution is 2.31. The van der Waals surface area contributed by atoms with E-state index in [-0.39, 0.29) is 23.7 Å². The molecule has 2 rings (SSSR count). The summed E-state index contributed by atoms with van der Waals surface area (Å²) in [4.78, 5) is 7.88. The van der Waals surface area contributed by atoms with Gasteiger partial charge in [0.05, 0.1) is 7.11 Å². The lowest BCUT2D eigenvalue weighted by atomic mass is 10.1. The highest BCUT2D eigenvalue weighted by atomic mass is 35.5. The molecule has 1 aromatic heterocycles. The molecule has 1 aromatic rings. The first kappa shape index (κ1) is 14.3. The number of nitrogens with one attached hydrogen (secondary N) is 1. The Hall–Kier alpha value is -0.780. The van der Waals surface area contributed by atoms with Crippen molar-refractivity contribution < 1.29 is 9.47 Å². The van der Waals surface area contributed by atoms with Crippen LogP contribution in [0.15, 0.2) is 6.33 Å². The molecule has 7 heteroatoms. The van der Waals surface area contributed by atoms with Crippen LogP contribution in [0, 0.1) is 0 Å². The van der Waals surface area contributed by atoms with Crippen molar-refractivity contribution in [3.8, 4) is 11.6 Å². The van der Waals surface area contributed by atoms with E-state index < -0.39 is 0 Å². The number of hydrogen-bond acceptors (Lipinski definition) is 5. The second-order valence-corrected chi connectivity index (χ2v) is 3.93. The summed E-state index contributed by atoms with van der Waals surface area (Å²) in [6.07, 6.45) is 3.47. The first-order valence-electron chi connectivity index (χ1n) is 5.23. The predicted molar refractivity (Wildman–Crippen MR) is 67.4 cm³/mol. The minimum atomic E-state index is 0. The molecule has 0 atom stereocenters.